The molecule has 0 radical (unpaired) electrons. The lowest BCUT2D eigenvalue weighted by atomic mass is 10.1. The van der Waals surface area contributed by atoms with E-state index in [4.69, 9.17) is 4.74 Å². The van der Waals surface area contributed by atoms with Crippen LogP contribution in [0.5, 0.6) is 11.6 Å². The lowest BCUT2D eigenvalue weighted by Gasteiger charge is -2.34. The first-order chi connectivity index (χ1) is 23.7. The Morgan fingerprint density at radius 3 is 1.98 bits per heavy atom. The van der Waals surface area contributed by atoms with Crippen LogP contribution in [0.15, 0.2) is 91.1 Å². The molecular weight excluding hydrogens is 744 g/mol. The standard InChI is InChI=1S/C36H31F6N5O3.BrH/c1-44(33(48)24-5-9-27(10-6-24)36(40,41)42)28-11-14-32(43-21-28)50-29-12-13-30-25(19-29)20-31(45(30)2)34(49)47-17-15-46(16-18-47)22-23-3-7-26(8-4-23)35(37,38)39;/h3-14,19-21H,15-18,22H2,1-2H3;1H. The number of hydrogen-bond donors (Lipinski definition) is 0. The molecule has 8 nitrogen and oxygen atoms in total. The number of carbonyl (C=O) groups excluding carboxylic acids is 2. The van der Waals surface area contributed by atoms with Gasteiger partial charge in [0.2, 0.25) is 5.88 Å². The molecule has 3 aromatic carbocycles. The number of carbonyl (C=O) groups is 2. The largest absolute Gasteiger partial charge is 0.439 e. The van der Waals surface area contributed by atoms with Crippen LogP contribution in [0.1, 0.15) is 37.5 Å². The molecular formula is C36H32BrF6N5O3. The van der Waals surface area contributed by atoms with E-state index >= 15 is 0 Å². The number of ether oxygens (including phenoxy) is 1. The number of fused-ring (bicyclic) bond motifs is 1. The summed E-state index contributed by atoms with van der Waals surface area (Å²) >= 11 is 0. The molecule has 1 aliphatic heterocycles. The Balaban J connectivity index is 0.00000504. The van der Waals surface area contributed by atoms with Gasteiger partial charge in [-0.2, -0.15) is 26.3 Å². The van der Waals surface area contributed by atoms with Crippen molar-refractivity contribution in [2.75, 3.05) is 38.1 Å². The topological polar surface area (TPSA) is 70.9 Å². The summed E-state index contributed by atoms with van der Waals surface area (Å²) in [6.45, 7) is 2.61. The number of alkyl halides is 6. The molecule has 2 aromatic heterocycles. The maximum Gasteiger partial charge on any atom is 0.416 e. The quantitative estimate of drug-likeness (QED) is 0.156. The second kappa shape index (κ2) is 14.8. The van der Waals surface area contributed by atoms with Gasteiger partial charge in [0.25, 0.3) is 11.8 Å². The van der Waals surface area contributed by atoms with Gasteiger partial charge in [0, 0.05) is 69.4 Å². The summed E-state index contributed by atoms with van der Waals surface area (Å²) in [5.74, 6) is 0.0694. The Labute approximate surface area is 299 Å². The Hall–Kier alpha value is -4.89. The molecule has 0 saturated carbocycles. The number of aromatic nitrogens is 2. The van der Waals surface area contributed by atoms with E-state index in [1.807, 2.05) is 10.6 Å². The molecule has 0 aliphatic carbocycles. The molecule has 0 unspecified atom stereocenters. The molecule has 1 saturated heterocycles. The molecule has 3 heterocycles. The fourth-order valence-electron chi connectivity index (χ4n) is 5.79. The summed E-state index contributed by atoms with van der Waals surface area (Å²) in [5, 5.41) is 0.771. The van der Waals surface area contributed by atoms with Gasteiger partial charge in [-0.3, -0.25) is 14.5 Å². The molecule has 1 aliphatic rings. The van der Waals surface area contributed by atoms with Crippen LogP contribution in [0.4, 0.5) is 32.0 Å². The third kappa shape index (κ3) is 8.37. The molecule has 0 spiro atoms. The Bertz CT molecular complexity index is 2010. The molecule has 51 heavy (non-hydrogen) atoms. The average Bonchev–Trinajstić information content (AvgIpc) is 3.42. The van der Waals surface area contributed by atoms with E-state index in [0.29, 0.717) is 49.9 Å². The predicted octanol–water partition coefficient (Wildman–Crippen LogP) is 8.22. The molecule has 15 heteroatoms. The van der Waals surface area contributed by atoms with Gasteiger partial charge >= 0.3 is 12.4 Å². The smallest absolute Gasteiger partial charge is 0.416 e. The summed E-state index contributed by atoms with van der Waals surface area (Å²) in [6.07, 6.45) is -7.46. The zero-order valence-corrected chi connectivity index (χ0v) is 29.0. The van der Waals surface area contributed by atoms with E-state index in [-0.39, 0.29) is 34.3 Å². The molecule has 0 N–H and O–H groups in total. The summed E-state index contributed by atoms with van der Waals surface area (Å²) in [4.78, 5) is 35.8. The zero-order valence-electron chi connectivity index (χ0n) is 27.3. The summed E-state index contributed by atoms with van der Waals surface area (Å²) in [5.41, 5.74) is 1.06. The third-order valence-corrected chi connectivity index (χ3v) is 8.67. The molecule has 0 atom stereocenters. The highest BCUT2D eigenvalue weighted by Gasteiger charge is 2.31. The van der Waals surface area contributed by atoms with Crippen molar-refractivity contribution in [3.05, 3.63) is 119 Å². The van der Waals surface area contributed by atoms with Crippen molar-refractivity contribution in [2.24, 2.45) is 7.05 Å². The van der Waals surface area contributed by atoms with Crippen molar-refractivity contribution in [3.8, 4) is 11.6 Å². The highest BCUT2D eigenvalue weighted by atomic mass is 79.9. The van der Waals surface area contributed by atoms with Gasteiger partial charge in [0.05, 0.1) is 23.0 Å². The average molecular weight is 777 g/mol. The van der Waals surface area contributed by atoms with Crippen molar-refractivity contribution in [1.82, 2.24) is 19.4 Å². The fourth-order valence-corrected chi connectivity index (χ4v) is 5.79. The zero-order chi connectivity index (χ0) is 35.8. The van der Waals surface area contributed by atoms with E-state index in [2.05, 4.69) is 9.88 Å². The number of rotatable bonds is 7. The number of benzene rings is 3. The van der Waals surface area contributed by atoms with E-state index in [1.165, 1.54) is 30.3 Å². The Kier molecular flexibility index (Phi) is 10.8. The minimum Gasteiger partial charge on any atom is -0.439 e. The van der Waals surface area contributed by atoms with Crippen LogP contribution in [0.2, 0.25) is 0 Å². The van der Waals surface area contributed by atoms with Crippen molar-refractivity contribution >= 4 is 45.4 Å². The first-order valence-electron chi connectivity index (χ1n) is 15.5. The van der Waals surface area contributed by atoms with Crippen LogP contribution in [-0.4, -0.2) is 64.4 Å². The van der Waals surface area contributed by atoms with Gasteiger partial charge in [-0.05, 0) is 72.3 Å². The molecule has 2 amide bonds. The van der Waals surface area contributed by atoms with Crippen molar-refractivity contribution < 1.29 is 40.7 Å². The van der Waals surface area contributed by atoms with E-state index < -0.39 is 29.4 Å². The van der Waals surface area contributed by atoms with Crippen LogP contribution in [0.25, 0.3) is 10.9 Å². The summed E-state index contributed by atoms with van der Waals surface area (Å²) in [7, 11) is 3.29. The highest BCUT2D eigenvalue weighted by Crippen LogP contribution is 2.32. The maximum absolute atomic E-state index is 13.5. The minimum atomic E-state index is -4.50. The van der Waals surface area contributed by atoms with Gasteiger partial charge in [-0.1, -0.05) is 12.1 Å². The predicted molar refractivity (Wildman–Crippen MR) is 184 cm³/mol. The van der Waals surface area contributed by atoms with Crippen molar-refractivity contribution in [3.63, 3.8) is 0 Å². The number of anilines is 1. The first kappa shape index (κ1) is 37.4. The van der Waals surface area contributed by atoms with Gasteiger partial charge in [-0.25, -0.2) is 4.98 Å². The highest BCUT2D eigenvalue weighted by molar-refractivity contribution is 8.93. The maximum atomic E-state index is 13.5. The first-order valence-corrected chi connectivity index (χ1v) is 15.5. The van der Waals surface area contributed by atoms with Crippen LogP contribution in [0.3, 0.4) is 0 Å². The van der Waals surface area contributed by atoms with Gasteiger partial charge in [0.1, 0.15) is 11.4 Å². The number of aryl methyl sites for hydroxylation is 1. The minimum absolute atomic E-state index is 0. The second-order valence-corrected chi connectivity index (χ2v) is 12.0. The molecule has 5 aromatic rings. The Morgan fingerprint density at radius 1 is 0.804 bits per heavy atom. The van der Waals surface area contributed by atoms with Gasteiger partial charge < -0.3 is 19.1 Å². The van der Waals surface area contributed by atoms with Crippen LogP contribution in [-0.2, 0) is 25.9 Å². The normalized spacial score (nSPS) is 13.9. The third-order valence-electron chi connectivity index (χ3n) is 8.67. The van der Waals surface area contributed by atoms with Crippen molar-refractivity contribution in [1.29, 1.82) is 0 Å². The SMILES string of the molecule is Br.CN(C(=O)c1ccc(C(F)(F)F)cc1)c1ccc(Oc2ccc3c(c2)cc(C(=O)N2CCN(Cc4ccc(C(F)(F)F)cc4)CC2)n3C)nc1. The van der Waals surface area contributed by atoms with Gasteiger partial charge in [-0.15, -0.1) is 17.0 Å². The molecule has 1 fully saturated rings. The fraction of sp³-hybridized carbons (Fsp3) is 0.250. The number of hydrogen-bond acceptors (Lipinski definition) is 5. The van der Waals surface area contributed by atoms with Crippen LogP contribution in [0, 0.1) is 0 Å². The van der Waals surface area contributed by atoms with E-state index in [1.54, 1.807) is 42.3 Å². The Morgan fingerprint density at radius 2 is 1.41 bits per heavy atom. The van der Waals surface area contributed by atoms with Crippen molar-refractivity contribution in [2.45, 2.75) is 18.9 Å². The molecule has 268 valence electrons. The van der Waals surface area contributed by atoms with Crippen LogP contribution >= 0.6 is 17.0 Å². The number of piperazine rings is 1. The molecule has 6 rings (SSSR count). The van der Waals surface area contributed by atoms with E-state index in [0.717, 1.165) is 52.9 Å². The lowest BCUT2D eigenvalue weighted by molar-refractivity contribution is -0.138. The summed E-state index contributed by atoms with van der Waals surface area (Å²) in [6, 6.07) is 19.4. The molecule has 0 bridgehead atoms. The van der Waals surface area contributed by atoms with Crippen LogP contribution < -0.4 is 9.64 Å². The second-order valence-electron chi connectivity index (χ2n) is 12.0. The number of pyridine rings is 1. The van der Waals surface area contributed by atoms with E-state index in [9.17, 15) is 35.9 Å². The number of halogens is 7. The monoisotopic (exact) mass is 775 g/mol. The lowest BCUT2D eigenvalue weighted by Crippen LogP contribution is -2.48. The van der Waals surface area contributed by atoms with Gasteiger partial charge in [0.15, 0.2) is 0 Å². The summed E-state index contributed by atoms with van der Waals surface area (Å²) < 4.78 is 85.0. The number of nitrogens with zero attached hydrogens (tertiary/aromatic N) is 5. The number of amides is 2.